The lowest BCUT2D eigenvalue weighted by molar-refractivity contribution is -0.145. The number of aliphatic carboxylic acids is 1. The van der Waals surface area contributed by atoms with E-state index < -0.39 is 42.0 Å². The Morgan fingerprint density at radius 1 is 0.699 bits per heavy atom. The maximum Gasteiger partial charge on any atom is 0.328 e. The largest absolute Gasteiger partial charge is 0.480 e. The van der Waals surface area contributed by atoms with E-state index in [1.165, 1.54) is 18.9 Å². The van der Waals surface area contributed by atoms with Crippen molar-refractivity contribution in [3.63, 3.8) is 0 Å². The van der Waals surface area contributed by atoms with Crippen LogP contribution in [0.2, 0.25) is 10.0 Å². The number of ether oxygens (including phenoxy) is 1. The maximum atomic E-state index is 13.1. The molecule has 0 spiro atoms. The number of hydrogen-bond acceptors (Lipinski definition) is 13. The van der Waals surface area contributed by atoms with Gasteiger partial charge in [-0.15, -0.1) is 0 Å². The van der Waals surface area contributed by atoms with E-state index in [-0.39, 0.29) is 66.5 Å². The van der Waals surface area contributed by atoms with Crippen LogP contribution in [-0.4, -0.2) is 156 Å². The van der Waals surface area contributed by atoms with Crippen LogP contribution in [0.4, 0.5) is 0 Å². The van der Waals surface area contributed by atoms with Crippen LogP contribution in [0.15, 0.2) is 48.5 Å². The molecule has 2 heterocycles. The first kappa shape index (κ1) is 62.7. The highest BCUT2D eigenvalue weighted by atomic mass is 35.5. The van der Waals surface area contributed by atoms with E-state index in [9.17, 15) is 43.5 Å². The Balaban J connectivity index is 0.000000385. The summed E-state index contributed by atoms with van der Waals surface area (Å²) in [6.45, 7) is 9.69. The van der Waals surface area contributed by atoms with Gasteiger partial charge < -0.3 is 41.7 Å². The van der Waals surface area contributed by atoms with Crippen LogP contribution in [0.3, 0.4) is 0 Å². The molecule has 0 radical (unpaired) electrons. The van der Waals surface area contributed by atoms with Crippen LogP contribution in [-0.2, 0) is 56.2 Å². The van der Waals surface area contributed by atoms with Crippen LogP contribution in [0.5, 0.6) is 0 Å². The molecule has 8 atom stereocenters. The molecule has 7 N–H and O–H groups in total. The van der Waals surface area contributed by atoms with Gasteiger partial charge in [-0.3, -0.25) is 38.6 Å². The summed E-state index contributed by atoms with van der Waals surface area (Å²) >= 11 is 15.5. The van der Waals surface area contributed by atoms with Gasteiger partial charge in [-0.1, -0.05) is 88.0 Å². The van der Waals surface area contributed by atoms with Crippen molar-refractivity contribution in [1.29, 1.82) is 0 Å². The van der Waals surface area contributed by atoms with E-state index in [4.69, 9.17) is 27.9 Å². The molecule has 0 unspecified atom stereocenters. The number of rotatable bonds is 30. The Kier molecular flexibility index (Phi) is 28.6. The molecule has 406 valence electrons. The average Bonchev–Trinajstić information content (AvgIpc) is 4.00. The molecular formula is C51H76Cl2N8O10S2. The number of benzene rings is 2. The first-order chi connectivity index (χ1) is 34.8. The number of amides is 6. The third kappa shape index (κ3) is 23.2. The number of carbonyl (C=O) groups is 8. The minimum absolute atomic E-state index is 0.0161. The van der Waals surface area contributed by atoms with Crippen LogP contribution < -0.4 is 31.9 Å². The smallest absolute Gasteiger partial charge is 0.328 e. The number of halogens is 2. The van der Waals surface area contributed by atoms with Crippen LogP contribution in [0.25, 0.3) is 0 Å². The summed E-state index contributed by atoms with van der Waals surface area (Å²) in [4.78, 5) is 102. The monoisotopic (exact) mass is 1090 g/mol. The maximum absolute atomic E-state index is 13.1. The van der Waals surface area contributed by atoms with Gasteiger partial charge in [0.15, 0.2) is 0 Å². The first-order valence-corrected chi connectivity index (χ1v) is 28.3. The zero-order valence-corrected chi connectivity index (χ0v) is 46.3. The number of esters is 1. The van der Waals surface area contributed by atoms with Gasteiger partial charge in [0.05, 0.1) is 20.2 Å². The van der Waals surface area contributed by atoms with Gasteiger partial charge in [-0.2, -0.15) is 23.5 Å². The number of hydrogen-bond donors (Lipinski definition) is 7. The van der Waals surface area contributed by atoms with Crippen molar-refractivity contribution in [2.75, 3.05) is 57.3 Å². The van der Waals surface area contributed by atoms with Crippen molar-refractivity contribution in [3.8, 4) is 0 Å². The zero-order chi connectivity index (χ0) is 54.0. The van der Waals surface area contributed by atoms with Crippen molar-refractivity contribution in [2.24, 2.45) is 11.8 Å². The summed E-state index contributed by atoms with van der Waals surface area (Å²) in [5.41, 5.74) is 1.81. The molecule has 2 aromatic carbocycles. The molecule has 2 aliphatic rings. The highest BCUT2D eigenvalue weighted by molar-refractivity contribution is 7.98. The summed E-state index contributed by atoms with van der Waals surface area (Å²) in [6.07, 6.45) is 7.82. The van der Waals surface area contributed by atoms with Gasteiger partial charge >= 0.3 is 11.9 Å². The molecule has 0 aromatic heterocycles. The van der Waals surface area contributed by atoms with Crippen molar-refractivity contribution < 1.29 is 48.2 Å². The molecule has 0 aliphatic carbocycles. The van der Waals surface area contributed by atoms with Gasteiger partial charge in [-0.25, -0.2) is 9.59 Å². The predicted molar refractivity (Wildman–Crippen MR) is 288 cm³/mol. The fraction of sp³-hybridized carbons (Fsp3) is 0.608. The van der Waals surface area contributed by atoms with Gasteiger partial charge in [-0.05, 0) is 96.9 Å². The second-order valence-corrected chi connectivity index (χ2v) is 21.4. The Hall–Kier alpha value is -4.60. The van der Waals surface area contributed by atoms with Crippen molar-refractivity contribution in [1.82, 2.24) is 41.7 Å². The average molecular weight is 1100 g/mol. The van der Waals surface area contributed by atoms with Gasteiger partial charge in [0.25, 0.3) is 0 Å². The van der Waals surface area contributed by atoms with Crippen molar-refractivity contribution in [3.05, 3.63) is 69.7 Å². The molecule has 0 bridgehead atoms. The number of nitrogens with zero attached hydrogens (tertiary/aromatic N) is 2. The normalized spacial score (nSPS) is 17.7. The van der Waals surface area contributed by atoms with E-state index in [2.05, 4.69) is 31.9 Å². The quantitative estimate of drug-likeness (QED) is 0.0528. The molecule has 6 amide bonds. The standard InChI is InChI=1S/C26H39ClN4O5S.C25H37ClN4O5S/c1-5-17(2)22(30-25(34)20-9-10-23(32)28-20)15-31(14-18-7-6-8-19(27)13-18)16-24(33)29-21(11-12-37-4)26(35)36-3;1-4-16(2)21(29-24(33)19-8-9-22(31)27-19)14-30(13-17-6-5-7-18(26)12-17)15-23(32)28-20(25(34)35)10-11-36-3/h6-8,13,17,20-22H,5,9-12,14-16H2,1-4H3,(H,28,32)(H,29,33)(H,30,34);5-7,12,16,19-21H,4,8-11,13-15H2,1-3H3,(H,27,31)(H,28,32)(H,29,33)(H,34,35)/t17-,20-,21-,22+;16-,19-,20-,21+/m00/s1. The summed E-state index contributed by atoms with van der Waals surface area (Å²) in [7, 11) is 1.30. The Bertz CT molecular complexity index is 2150. The highest BCUT2D eigenvalue weighted by Gasteiger charge is 2.33. The minimum Gasteiger partial charge on any atom is -0.480 e. The molecule has 0 saturated carbocycles. The summed E-state index contributed by atoms with van der Waals surface area (Å²) in [5.74, 6) is -1.43. The topological polar surface area (TPSA) is 245 Å². The summed E-state index contributed by atoms with van der Waals surface area (Å²) in [6, 6.07) is 11.4. The highest BCUT2D eigenvalue weighted by Crippen LogP contribution is 2.19. The molecule has 2 fully saturated rings. The van der Waals surface area contributed by atoms with E-state index in [0.717, 1.165) is 24.0 Å². The molecule has 2 saturated heterocycles. The lowest BCUT2D eigenvalue weighted by atomic mass is 9.97. The second-order valence-electron chi connectivity index (χ2n) is 18.6. The van der Waals surface area contributed by atoms with E-state index >= 15 is 0 Å². The Labute approximate surface area is 449 Å². The first-order valence-electron chi connectivity index (χ1n) is 24.8. The Morgan fingerprint density at radius 2 is 1.11 bits per heavy atom. The number of thioether (sulfide) groups is 2. The number of methoxy groups -OCH3 is 1. The fourth-order valence-corrected chi connectivity index (χ4v) is 9.58. The molecule has 22 heteroatoms. The van der Waals surface area contributed by atoms with Gasteiger partial charge in [0, 0.05) is 61.1 Å². The van der Waals surface area contributed by atoms with E-state index in [0.29, 0.717) is 86.3 Å². The number of carbonyl (C=O) groups excluding carboxylic acids is 7. The lowest BCUT2D eigenvalue weighted by Gasteiger charge is -2.32. The zero-order valence-electron chi connectivity index (χ0n) is 43.1. The van der Waals surface area contributed by atoms with Crippen LogP contribution in [0.1, 0.15) is 90.2 Å². The van der Waals surface area contributed by atoms with E-state index in [1.54, 1.807) is 23.9 Å². The van der Waals surface area contributed by atoms with Crippen LogP contribution >= 0.6 is 46.7 Å². The van der Waals surface area contributed by atoms with Gasteiger partial charge in [0.2, 0.25) is 35.4 Å². The SMILES string of the molecule is CC[C@H](C)[C@@H](CN(CC(=O)N[C@@H](CCSC)C(=O)O)Cc1cccc(Cl)c1)NC(=O)[C@@H]1CCC(=O)N1.CC[C@H](C)[C@@H](CN(CC(=O)N[C@@H](CCSC)C(=O)OC)Cc1cccc(Cl)c1)NC(=O)[C@@H]1CCC(=O)N1. The van der Waals surface area contributed by atoms with Gasteiger partial charge in [0.1, 0.15) is 24.2 Å². The molecule has 2 aliphatic heterocycles. The Morgan fingerprint density at radius 3 is 1.45 bits per heavy atom. The van der Waals surface area contributed by atoms with Crippen LogP contribution in [0, 0.1) is 11.8 Å². The summed E-state index contributed by atoms with van der Waals surface area (Å²) < 4.78 is 4.87. The van der Waals surface area contributed by atoms with E-state index in [1.807, 2.05) is 86.4 Å². The van der Waals surface area contributed by atoms with Crippen molar-refractivity contribution in [2.45, 2.75) is 128 Å². The molecule has 18 nitrogen and oxygen atoms in total. The minimum atomic E-state index is -1.07. The number of carboxylic acids is 1. The number of carboxylic acid groups (broad SMARTS) is 1. The molecule has 2 aromatic rings. The molecule has 73 heavy (non-hydrogen) atoms. The number of nitrogens with one attached hydrogen (secondary N) is 6. The second kappa shape index (κ2) is 33.3. The van der Waals surface area contributed by atoms with Crippen molar-refractivity contribution >= 4 is 94.1 Å². The lowest BCUT2D eigenvalue weighted by Crippen LogP contribution is -2.53. The fourth-order valence-electron chi connectivity index (χ4n) is 8.21. The third-order valence-corrected chi connectivity index (χ3v) is 14.6. The third-order valence-electron chi connectivity index (χ3n) is 12.9. The predicted octanol–water partition coefficient (Wildman–Crippen LogP) is 4.64. The molecular weight excluding hydrogens is 1020 g/mol. The summed E-state index contributed by atoms with van der Waals surface area (Å²) in [5, 5.41) is 27.7. The molecule has 4 rings (SSSR count).